The number of carbonyl (C=O) groups excluding carboxylic acids is 1. The summed E-state index contributed by atoms with van der Waals surface area (Å²) in [6, 6.07) is 12.6. The molecule has 174 valence electrons. The Labute approximate surface area is 207 Å². The maximum Gasteiger partial charge on any atom is 0.233 e. The van der Waals surface area contributed by atoms with Crippen LogP contribution >= 0.6 is 23.2 Å². The lowest BCUT2D eigenvalue weighted by molar-refractivity contribution is -0.118. The average molecular weight is 515 g/mol. The molecule has 1 aliphatic heterocycles. The van der Waals surface area contributed by atoms with Crippen molar-refractivity contribution in [3.63, 3.8) is 0 Å². The van der Waals surface area contributed by atoms with Gasteiger partial charge in [0.05, 0.1) is 35.0 Å². The Bertz CT molecular complexity index is 1460. The Balaban J connectivity index is 1.48. The second-order valence-corrected chi connectivity index (χ2v) is 11.7. The van der Waals surface area contributed by atoms with Crippen molar-refractivity contribution in [2.45, 2.75) is 25.3 Å². The van der Waals surface area contributed by atoms with Crippen molar-refractivity contribution in [3.8, 4) is 6.07 Å². The number of aromatic nitrogens is 1. The molecule has 5 rings (SSSR count). The molecule has 1 aromatic heterocycles. The van der Waals surface area contributed by atoms with E-state index in [1.165, 1.54) is 4.31 Å². The number of fused-ring (bicyclic) bond motifs is 2. The van der Waals surface area contributed by atoms with Crippen LogP contribution in [0.4, 0.5) is 5.69 Å². The number of nitrogens with zero attached hydrogens (tertiary/aromatic N) is 3. The molecular formula is C24H20Cl2N4O3S. The molecule has 2 aliphatic rings. The fraction of sp³-hybridized carbons (Fsp3) is 0.292. The number of carbonyl (C=O) groups is 1. The second-order valence-electron chi connectivity index (χ2n) is 8.88. The summed E-state index contributed by atoms with van der Waals surface area (Å²) in [5.74, 6) is -1.38. The van der Waals surface area contributed by atoms with Gasteiger partial charge >= 0.3 is 0 Å². The molecule has 1 fully saturated rings. The number of hydrogen-bond donors (Lipinski definition) is 1. The zero-order chi connectivity index (χ0) is 24.1. The minimum absolute atomic E-state index is 0.0347. The van der Waals surface area contributed by atoms with Gasteiger partial charge in [0.2, 0.25) is 15.9 Å². The standard InChI is InChI=1S/C24H20Cl2N4O3S/c25-17-3-4-19-16(7-17)9-28-10-22(19)29-23(31)21-12-30(11-15-1-2-18(26)8-20(15)21)34(32,33)14-24(13-27)5-6-24/h1-4,7-10,21H,5-6,11-12,14H2,(H,29,31). The predicted molar refractivity (Wildman–Crippen MR) is 131 cm³/mol. The van der Waals surface area contributed by atoms with Gasteiger partial charge in [0, 0.05) is 40.1 Å². The van der Waals surface area contributed by atoms with E-state index in [0.717, 1.165) is 10.8 Å². The first-order valence-electron chi connectivity index (χ1n) is 10.7. The molecule has 7 nitrogen and oxygen atoms in total. The highest BCUT2D eigenvalue weighted by Crippen LogP contribution is 2.47. The highest BCUT2D eigenvalue weighted by molar-refractivity contribution is 7.89. The first-order valence-corrected chi connectivity index (χ1v) is 13.1. The molecule has 3 aromatic rings. The van der Waals surface area contributed by atoms with E-state index in [-0.39, 0.29) is 24.7 Å². The molecule has 0 bridgehead atoms. The summed E-state index contributed by atoms with van der Waals surface area (Å²) >= 11 is 12.3. The smallest absolute Gasteiger partial charge is 0.233 e. The van der Waals surface area contributed by atoms with Gasteiger partial charge in [0.15, 0.2) is 0 Å². The topological polar surface area (TPSA) is 103 Å². The van der Waals surface area contributed by atoms with E-state index in [1.807, 2.05) is 0 Å². The number of hydrogen-bond acceptors (Lipinski definition) is 5. The van der Waals surface area contributed by atoms with Crippen LogP contribution in [0.5, 0.6) is 0 Å². The zero-order valence-corrected chi connectivity index (χ0v) is 20.3. The maximum atomic E-state index is 13.5. The molecule has 1 amide bonds. The van der Waals surface area contributed by atoms with Gasteiger partial charge in [-0.15, -0.1) is 0 Å². The van der Waals surface area contributed by atoms with Gasteiger partial charge in [0.25, 0.3) is 0 Å². The van der Waals surface area contributed by atoms with Gasteiger partial charge in [-0.25, -0.2) is 8.42 Å². The summed E-state index contributed by atoms with van der Waals surface area (Å²) in [6.45, 7) is 0.0987. The van der Waals surface area contributed by atoms with E-state index in [0.29, 0.717) is 39.7 Å². The zero-order valence-electron chi connectivity index (χ0n) is 18.0. The second kappa shape index (κ2) is 8.51. The largest absolute Gasteiger partial charge is 0.324 e. The van der Waals surface area contributed by atoms with Crippen LogP contribution in [-0.4, -0.2) is 35.9 Å². The van der Waals surface area contributed by atoms with Crippen LogP contribution in [0.3, 0.4) is 0 Å². The number of amides is 1. The van der Waals surface area contributed by atoms with Gasteiger partial charge in [-0.3, -0.25) is 9.78 Å². The molecule has 1 atom stereocenters. The number of nitriles is 1. The van der Waals surface area contributed by atoms with Crippen molar-refractivity contribution >= 4 is 55.6 Å². The molecule has 1 N–H and O–H groups in total. The highest BCUT2D eigenvalue weighted by atomic mass is 35.5. The van der Waals surface area contributed by atoms with Crippen LogP contribution in [-0.2, 0) is 21.4 Å². The number of sulfonamides is 1. The molecular weight excluding hydrogens is 495 g/mol. The average Bonchev–Trinajstić information content (AvgIpc) is 3.57. The number of rotatable bonds is 5. The van der Waals surface area contributed by atoms with Crippen molar-refractivity contribution < 1.29 is 13.2 Å². The van der Waals surface area contributed by atoms with Gasteiger partial charge < -0.3 is 5.32 Å². The normalized spacial score (nSPS) is 19.3. The van der Waals surface area contributed by atoms with Crippen LogP contribution in [0.25, 0.3) is 10.8 Å². The Morgan fingerprint density at radius 1 is 1.18 bits per heavy atom. The molecule has 0 radical (unpaired) electrons. The Kier molecular flexibility index (Phi) is 5.77. The highest BCUT2D eigenvalue weighted by Gasteiger charge is 2.49. The van der Waals surface area contributed by atoms with Gasteiger partial charge in [-0.05, 0) is 48.2 Å². The van der Waals surface area contributed by atoms with Gasteiger partial charge in [-0.2, -0.15) is 9.57 Å². The van der Waals surface area contributed by atoms with Crippen LogP contribution < -0.4 is 5.32 Å². The van der Waals surface area contributed by atoms with E-state index in [9.17, 15) is 18.5 Å². The van der Waals surface area contributed by atoms with Crippen LogP contribution in [0.15, 0.2) is 48.8 Å². The summed E-state index contributed by atoms with van der Waals surface area (Å²) in [7, 11) is -3.75. The van der Waals surface area contributed by atoms with Crippen molar-refractivity contribution in [2.24, 2.45) is 5.41 Å². The molecule has 1 unspecified atom stereocenters. The number of halogens is 2. The first-order chi connectivity index (χ1) is 16.2. The third-order valence-corrected chi connectivity index (χ3v) is 8.91. The van der Waals surface area contributed by atoms with Crippen molar-refractivity contribution in [2.75, 3.05) is 17.6 Å². The molecule has 2 heterocycles. The van der Waals surface area contributed by atoms with Crippen LogP contribution in [0.2, 0.25) is 10.0 Å². The molecule has 0 spiro atoms. The minimum Gasteiger partial charge on any atom is -0.324 e. The molecule has 34 heavy (non-hydrogen) atoms. The SMILES string of the molecule is N#CC1(CS(=O)(=O)N2Cc3ccc(Cl)cc3C(C(=O)Nc3cncc4cc(Cl)ccc34)C2)CC1. The summed E-state index contributed by atoms with van der Waals surface area (Å²) in [4.78, 5) is 17.7. The first kappa shape index (κ1) is 23.1. The Morgan fingerprint density at radius 3 is 2.65 bits per heavy atom. The summed E-state index contributed by atoms with van der Waals surface area (Å²) < 4.78 is 27.7. The van der Waals surface area contributed by atoms with Crippen molar-refractivity contribution in [1.82, 2.24) is 9.29 Å². The van der Waals surface area contributed by atoms with E-state index >= 15 is 0 Å². The van der Waals surface area contributed by atoms with Crippen LogP contribution in [0.1, 0.15) is 29.9 Å². The summed E-state index contributed by atoms with van der Waals surface area (Å²) in [5.41, 5.74) is 1.09. The van der Waals surface area contributed by atoms with Gasteiger partial charge in [-0.1, -0.05) is 35.3 Å². The lowest BCUT2D eigenvalue weighted by Gasteiger charge is -2.34. The predicted octanol–water partition coefficient (Wildman–Crippen LogP) is 4.71. The number of pyridine rings is 1. The van der Waals surface area contributed by atoms with Crippen molar-refractivity contribution in [1.29, 1.82) is 5.26 Å². The van der Waals surface area contributed by atoms with E-state index in [2.05, 4.69) is 16.4 Å². The Hall–Kier alpha value is -2.70. The van der Waals surface area contributed by atoms with E-state index < -0.39 is 21.4 Å². The fourth-order valence-electron chi connectivity index (χ4n) is 4.37. The van der Waals surface area contributed by atoms with Crippen LogP contribution in [0, 0.1) is 16.7 Å². The number of nitrogens with one attached hydrogen (secondary N) is 1. The molecule has 2 aromatic carbocycles. The summed E-state index contributed by atoms with van der Waals surface area (Å²) in [6.07, 6.45) is 4.35. The maximum absolute atomic E-state index is 13.5. The quantitative estimate of drug-likeness (QED) is 0.530. The number of benzene rings is 2. The lowest BCUT2D eigenvalue weighted by atomic mass is 9.90. The monoisotopic (exact) mass is 514 g/mol. The molecule has 10 heteroatoms. The molecule has 1 saturated carbocycles. The summed E-state index contributed by atoms with van der Waals surface area (Å²) in [5, 5.41) is 14.9. The fourth-order valence-corrected chi connectivity index (χ4v) is 6.68. The van der Waals surface area contributed by atoms with Gasteiger partial charge in [0.1, 0.15) is 0 Å². The minimum atomic E-state index is -3.75. The Morgan fingerprint density at radius 2 is 1.91 bits per heavy atom. The number of anilines is 1. The van der Waals surface area contributed by atoms with E-state index in [4.69, 9.17) is 23.2 Å². The lowest BCUT2D eigenvalue weighted by Crippen LogP contribution is -2.44. The van der Waals surface area contributed by atoms with E-state index in [1.54, 1.807) is 48.8 Å². The molecule has 0 saturated heterocycles. The third kappa shape index (κ3) is 4.37. The third-order valence-electron chi connectivity index (χ3n) is 6.45. The van der Waals surface area contributed by atoms with Crippen molar-refractivity contribution in [3.05, 3.63) is 70.0 Å². The molecule has 1 aliphatic carbocycles.